The first-order valence-corrected chi connectivity index (χ1v) is 7.35. The smallest absolute Gasteiger partial charge is 0.131 e. The molecule has 0 aliphatic heterocycles. The lowest BCUT2D eigenvalue weighted by Crippen LogP contribution is -2.24. The van der Waals surface area contributed by atoms with Gasteiger partial charge in [-0.3, -0.25) is 0 Å². The number of halogens is 3. The second-order valence-corrected chi connectivity index (χ2v) is 5.44. The maximum atomic E-state index is 14.4. The largest absolute Gasteiger partial charge is 0.306 e. The molecule has 0 aliphatic carbocycles. The van der Waals surface area contributed by atoms with Gasteiger partial charge in [0.1, 0.15) is 11.6 Å². The third-order valence-electron chi connectivity index (χ3n) is 3.40. The zero-order valence-electron chi connectivity index (χ0n) is 12.1. The zero-order chi connectivity index (χ0) is 15.4. The van der Waals surface area contributed by atoms with Gasteiger partial charge in [-0.05, 0) is 49.2 Å². The summed E-state index contributed by atoms with van der Waals surface area (Å²) in [6.45, 7) is 4.41. The van der Waals surface area contributed by atoms with Crippen LogP contribution in [0.25, 0.3) is 0 Å². The summed E-state index contributed by atoms with van der Waals surface area (Å²) in [5, 5.41) is 3.67. The van der Waals surface area contributed by atoms with Gasteiger partial charge >= 0.3 is 0 Å². The van der Waals surface area contributed by atoms with Crippen molar-refractivity contribution in [3.63, 3.8) is 0 Å². The van der Waals surface area contributed by atoms with E-state index in [9.17, 15) is 8.78 Å². The fourth-order valence-electron chi connectivity index (χ4n) is 2.31. The Morgan fingerprint density at radius 3 is 2.62 bits per heavy atom. The van der Waals surface area contributed by atoms with Crippen LogP contribution >= 0.6 is 11.6 Å². The molecule has 0 aliphatic rings. The summed E-state index contributed by atoms with van der Waals surface area (Å²) >= 11 is 6.18. The molecule has 0 spiro atoms. The lowest BCUT2D eigenvalue weighted by Gasteiger charge is -2.22. The molecule has 2 rings (SSSR count). The number of hydrogen-bond acceptors (Lipinski definition) is 1. The molecule has 0 saturated carbocycles. The van der Waals surface area contributed by atoms with Gasteiger partial charge in [0, 0.05) is 10.6 Å². The van der Waals surface area contributed by atoms with Gasteiger partial charge in [-0.25, -0.2) is 8.78 Å². The molecule has 0 bridgehead atoms. The molecule has 2 aromatic rings. The highest BCUT2D eigenvalue weighted by Gasteiger charge is 2.21. The molecule has 0 aromatic heterocycles. The summed E-state index contributed by atoms with van der Waals surface area (Å²) in [7, 11) is 0. The second-order valence-electron chi connectivity index (χ2n) is 5.03. The summed E-state index contributed by atoms with van der Waals surface area (Å²) in [5.74, 6) is -0.669. The van der Waals surface area contributed by atoms with Crippen LogP contribution in [0, 0.1) is 18.6 Å². The minimum absolute atomic E-state index is 0.286. The quantitative estimate of drug-likeness (QED) is 0.818. The highest BCUT2D eigenvalue weighted by atomic mass is 35.5. The Morgan fingerprint density at radius 1 is 1.14 bits per heavy atom. The van der Waals surface area contributed by atoms with E-state index < -0.39 is 6.04 Å². The van der Waals surface area contributed by atoms with E-state index >= 15 is 0 Å². The average molecular weight is 310 g/mol. The Hall–Kier alpha value is -1.45. The van der Waals surface area contributed by atoms with Crippen LogP contribution in [0.3, 0.4) is 0 Å². The van der Waals surface area contributed by atoms with Crippen LogP contribution in [0.4, 0.5) is 8.78 Å². The van der Waals surface area contributed by atoms with Crippen LogP contribution in [0.5, 0.6) is 0 Å². The molecule has 0 heterocycles. The zero-order valence-corrected chi connectivity index (χ0v) is 12.8. The van der Waals surface area contributed by atoms with E-state index in [1.54, 1.807) is 25.1 Å². The van der Waals surface area contributed by atoms with Crippen molar-refractivity contribution in [2.75, 3.05) is 6.54 Å². The maximum absolute atomic E-state index is 14.4. The van der Waals surface area contributed by atoms with Crippen molar-refractivity contribution in [3.8, 4) is 0 Å². The van der Waals surface area contributed by atoms with E-state index in [0.29, 0.717) is 28.3 Å². The number of aryl methyl sites for hydroxylation is 1. The minimum Gasteiger partial charge on any atom is -0.306 e. The molecule has 2 aromatic carbocycles. The van der Waals surface area contributed by atoms with Gasteiger partial charge in [0.15, 0.2) is 0 Å². The highest BCUT2D eigenvalue weighted by molar-refractivity contribution is 6.31. The monoisotopic (exact) mass is 309 g/mol. The molecule has 1 unspecified atom stereocenters. The van der Waals surface area contributed by atoms with Crippen molar-refractivity contribution in [1.29, 1.82) is 0 Å². The van der Waals surface area contributed by atoms with Gasteiger partial charge in [0.2, 0.25) is 0 Å². The van der Waals surface area contributed by atoms with E-state index in [1.807, 2.05) is 6.92 Å². The van der Waals surface area contributed by atoms with Gasteiger partial charge in [0.25, 0.3) is 0 Å². The molecule has 0 fully saturated rings. The fourth-order valence-corrected chi connectivity index (χ4v) is 2.53. The maximum Gasteiger partial charge on any atom is 0.131 e. The van der Waals surface area contributed by atoms with Gasteiger partial charge < -0.3 is 5.32 Å². The van der Waals surface area contributed by atoms with Crippen molar-refractivity contribution in [3.05, 3.63) is 69.7 Å². The van der Waals surface area contributed by atoms with Crippen LogP contribution in [0.1, 0.15) is 36.1 Å². The standard InChI is InChI=1S/C17H18ClF2N/c1-3-9-21-17(13-6-4-5-11(2)16(13)20)14-10-12(19)7-8-15(14)18/h4-8,10,17,21H,3,9H2,1-2H3. The Bertz CT molecular complexity index is 626. The SMILES string of the molecule is CCCNC(c1cc(F)ccc1Cl)c1cccc(C)c1F. The average Bonchev–Trinajstić information content (AvgIpc) is 2.47. The summed E-state index contributed by atoms with van der Waals surface area (Å²) in [6.07, 6.45) is 0.886. The molecule has 0 amide bonds. The Kier molecular flexibility index (Phi) is 5.32. The van der Waals surface area contributed by atoms with E-state index in [0.717, 1.165) is 6.42 Å². The van der Waals surface area contributed by atoms with E-state index in [4.69, 9.17) is 11.6 Å². The molecule has 1 atom stereocenters. The van der Waals surface area contributed by atoms with E-state index in [-0.39, 0.29) is 11.6 Å². The summed E-state index contributed by atoms with van der Waals surface area (Å²) < 4.78 is 28.0. The van der Waals surface area contributed by atoms with E-state index in [1.165, 1.54) is 18.2 Å². The predicted molar refractivity (Wildman–Crippen MR) is 82.7 cm³/mol. The molecule has 0 radical (unpaired) electrons. The first-order chi connectivity index (χ1) is 10.0. The van der Waals surface area contributed by atoms with Crippen LogP contribution < -0.4 is 5.32 Å². The lowest BCUT2D eigenvalue weighted by molar-refractivity contribution is 0.539. The lowest BCUT2D eigenvalue weighted by atomic mass is 9.96. The highest BCUT2D eigenvalue weighted by Crippen LogP contribution is 2.31. The first-order valence-electron chi connectivity index (χ1n) is 6.98. The number of nitrogens with one attached hydrogen (secondary N) is 1. The Labute approximate surface area is 128 Å². The van der Waals surface area contributed by atoms with Gasteiger partial charge in [0.05, 0.1) is 6.04 Å². The second kappa shape index (κ2) is 7.01. The molecule has 112 valence electrons. The molecular formula is C17H18ClF2N. The third-order valence-corrected chi connectivity index (χ3v) is 3.74. The Balaban J connectivity index is 2.52. The molecule has 1 nitrogen and oxygen atoms in total. The molecule has 21 heavy (non-hydrogen) atoms. The molecular weight excluding hydrogens is 292 g/mol. The van der Waals surface area contributed by atoms with Crippen LogP contribution in [-0.4, -0.2) is 6.54 Å². The van der Waals surface area contributed by atoms with Gasteiger partial charge in [-0.15, -0.1) is 0 Å². The van der Waals surface area contributed by atoms with Gasteiger partial charge in [-0.2, -0.15) is 0 Å². The summed E-state index contributed by atoms with van der Waals surface area (Å²) in [6, 6.07) is 8.90. The van der Waals surface area contributed by atoms with Crippen LogP contribution in [0.2, 0.25) is 5.02 Å². The summed E-state index contributed by atoms with van der Waals surface area (Å²) in [5.41, 5.74) is 1.59. The van der Waals surface area contributed by atoms with Crippen molar-refractivity contribution in [1.82, 2.24) is 5.32 Å². The predicted octanol–water partition coefficient (Wildman–Crippen LogP) is 5.02. The van der Waals surface area contributed by atoms with Crippen LogP contribution in [-0.2, 0) is 0 Å². The summed E-state index contributed by atoms with van der Waals surface area (Å²) in [4.78, 5) is 0. The topological polar surface area (TPSA) is 12.0 Å². The van der Waals surface area contributed by atoms with E-state index in [2.05, 4.69) is 5.32 Å². The van der Waals surface area contributed by atoms with Crippen molar-refractivity contribution < 1.29 is 8.78 Å². The third kappa shape index (κ3) is 3.60. The molecule has 1 N–H and O–H groups in total. The number of benzene rings is 2. The molecule has 0 saturated heterocycles. The van der Waals surface area contributed by atoms with Gasteiger partial charge in [-0.1, -0.05) is 36.7 Å². The minimum atomic E-state index is -0.465. The first kappa shape index (κ1) is 15.9. The van der Waals surface area contributed by atoms with Crippen molar-refractivity contribution >= 4 is 11.6 Å². The number of rotatable bonds is 5. The van der Waals surface area contributed by atoms with Crippen molar-refractivity contribution in [2.45, 2.75) is 26.3 Å². The Morgan fingerprint density at radius 2 is 1.90 bits per heavy atom. The normalized spacial score (nSPS) is 12.4. The fraction of sp³-hybridized carbons (Fsp3) is 0.294. The number of hydrogen-bond donors (Lipinski definition) is 1. The van der Waals surface area contributed by atoms with Crippen LogP contribution in [0.15, 0.2) is 36.4 Å². The molecule has 4 heteroatoms. The van der Waals surface area contributed by atoms with Crippen molar-refractivity contribution in [2.24, 2.45) is 0 Å².